The SMILES string of the molecule is CCCN(N=O)c1ccc([N+](=O)[O-])cc1. The van der Waals surface area contributed by atoms with Crippen molar-refractivity contribution in [2.75, 3.05) is 11.6 Å². The summed E-state index contributed by atoms with van der Waals surface area (Å²) in [4.78, 5) is 20.4. The van der Waals surface area contributed by atoms with Gasteiger partial charge in [0.2, 0.25) is 0 Å². The Bertz CT molecular complexity index is 350. The summed E-state index contributed by atoms with van der Waals surface area (Å²) in [5, 5.41) is 14.5. The van der Waals surface area contributed by atoms with E-state index >= 15 is 0 Å². The molecular formula is C9H11N3O3. The van der Waals surface area contributed by atoms with Gasteiger partial charge < -0.3 is 0 Å². The second-order valence-corrected chi connectivity index (χ2v) is 2.98. The first-order valence-electron chi connectivity index (χ1n) is 4.54. The molecule has 0 bridgehead atoms. The fourth-order valence-electron chi connectivity index (χ4n) is 1.18. The minimum Gasteiger partial charge on any atom is -0.258 e. The fourth-order valence-corrected chi connectivity index (χ4v) is 1.18. The Morgan fingerprint density at radius 3 is 2.40 bits per heavy atom. The highest BCUT2D eigenvalue weighted by Crippen LogP contribution is 2.19. The molecule has 80 valence electrons. The Kier molecular flexibility index (Phi) is 3.73. The molecule has 0 fully saturated rings. The third-order valence-corrected chi connectivity index (χ3v) is 1.89. The van der Waals surface area contributed by atoms with Gasteiger partial charge in [-0.15, -0.1) is 4.91 Å². The van der Waals surface area contributed by atoms with Gasteiger partial charge in [0, 0.05) is 18.7 Å². The van der Waals surface area contributed by atoms with Crippen molar-refractivity contribution >= 4 is 11.4 Å². The standard InChI is InChI=1S/C9H11N3O3/c1-2-7-11(10-13)8-3-5-9(6-4-8)12(14)15/h3-6H,2,7H2,1H3. The number of non-ortho nitro benzene ring substituents is 1. The van der Waals surface area contributed by atoms with E-state index in [-0.39, 0.29) is 5.69 Å². The molecule has 0 atom stereocenters. The molecule has 0 aromatic heterocycles. The maximum atomic E-state index is 10.5. The Labute approximate surface area is 86.6 Å². The predicted octanol–water partition coefficient (Wildman–Crippen LogP) is 2.49. The molecular weight excluding hydrogens is 198 g/mol. The normalized spacial score (nSPS) is 9.67. The number of hydrogen-bond donors (Lipinski definition) is 0. The Morgan fingerprint density at radius 2 is 2.00 bits per heavy atom. The van der Waals surface area contributed by atoms with E-state index in [4.69, 9.17) is 0 Å². The van der Waals surface area contributed by atoms with Gasteiger partial charge >= 0.3 is 0 Å². The minimum absolute atomic E-state index is 0.00102. The average molecular weight is 209 g/mol. The van der Waals surface area contributed by atoms with Crippen LogP contribution in [-0.4, -0.2) is 11.5 Å². The molecule has 0 aliphatic rings. The van der Waals surface area contributed by atoms with Crippen LogP contribution in [0.5, 0.6) is 0 Å². The molecule has 6 heteroatoms. The summed E-state index contributed by atoms with van der Waals surface area (Å²) < 4.78 is 0. The first-order valence-corrected chi connectivity index (χ1v) is 4.54. The second-order valence-electron chi connectivity index (χ2n) is 2.98. The number of nitro groups is 1. The molecule has 6 nitrogen and oxygen atoms in total. The number of benzene rings is 1. The number of nitrogens with zero attached hydrogens (tertiary/aromatic N) is 3. The zero-order chi connectivity index (χ0) is 11.3. The summed E-state index contributed by atoms with van der Waals surface area (Å²) in [7, 11) is 0. The smallest absolute Gasteiger partial charge is 0.258 e. The zero-order valence-electron chi connectivity index (χ0n) is 8.29. The van der Waals surface area contributed by atoms with Crippen LogP contribution < -0.4 is 5.01 Å². The lowest BCUT2D eigenvalue weighted by molar-refractivity contribution is -0.384. The highest BCUT2D eigenvalue weighted by atomic mass is 16.6. The summed E-state index contributed by atoms with van der Waals surface area (Å²) >= 11 is 0. The van der Waals surface area contributed by atoms with E-state index in [1.807, 2.05) is 6.92 Å². The number of anilines is 1. The molecule has 0 aliphatic carbocycles. The van der Waals surface area contributed by atoms with Crippen LogP contribution in [0.1, 0.15) is 13.3 Å². The number of nitro benzene ring substituents is 1. The lowest BCUT2D eigenvalue weighted by Gasteiger charge is -2.13. The molecule has 0 N–H and O–H groups in total. The Hall–Kier alpha value is -1.98. The van der Waals surface area contributed by atoms with E-state index < -0.39 is 4.92 Å². The van der Waals surface area contributed by atoms with Gasteiger partial charge in [-0.1, -0.05) is 6.92 Å². The molecule has 0 amide bonds. The van der Waals surface area contributed by atoms with Gasteiger partial charge in [0.05, 0.1) is 15.9 Å². The molecule has 0 radical (unpaired) electrons. The lowest BCUT2D eigenvalue weighted by atomic mass is 10.2. The summed E-state index contributed by atoms with van der Waals surface area (Å²) in [6.07, 6.45) is 0.780. The summed E-state index contributed by atoms with van der Waals surface area (Å²) in [5.41, 5.74) is 0.568. The van der Waals surface area contributed by atoms with Crippen LogP contribution in [0.25, 0.3) is 0 Å². The van der Waals surface area contributed by atoms with Crippen molar-refractivity contribution < 1.29 is 4.92 Å². The first-order chi connectivity index (χ1) is 7.19. The van der Waals surface area contributed by atoms with E-state index in [2.05, 4.69) is 5.29 Å². The third-order valence-electron chi connectivity index (χ3n) is 1.89. The fraction of sp³-hybridized carbons (Fsp3) is 0.333. The summed E-state index contributed by atoms with van der Waals surface area (Å²) in [6.45, 7) is 2.42. The molecule has 15 heavy (non-hydrogen) atoms. The molecule has 0 saturated carbocycles. The van der Waals surface area contributed by atoms with E-state index in [0.29, 0.717) is 12.2 Å². The monoisotopic (exact) mass is 209 g/mol. The van der Waals surface area contributed by atoms with Crippen molar-refractivity contribution in [3.8, 4) is 0 Å². The van der Waals surface area contributed by atoms with Crippen LogP contribution in [0.2, 0.25) is 0 Å². The van der Waals surface area contributed by atoms with Crippen LogP contribution in [0, 0.1) is 15.0 Å². The van der Waals surface area contributed by atoms with Gasteiger partial charge in [0.15, 0.2) is 0 Å². The maximum Gasteiger partial charge on any atom is 0.269 e. The van der Waals surface area contributed by atoms with Gasteiger partial charge in [-0.3, -0.25) is 10.1 Å². The number of nitroso groups, excluding NO2 is 1. The van der Waals surface area contributed by atoms with Crippen LogP contribution in [-0.2, 0) is 0 Å². The van der Waals surface area contributed by atoms with Gasteiger partial charge in [0.25, 0.3) is 5.69 Å². The van der Waals surface area contributed by atoms with Crippen molar-refractivity contribution in [3.63, 3.8) is 0 Å². The van der Waals surface area contributed by atoms with Gasteiger partial charge in [-0.2, -0.15) is 0 Å². The molecule has 0 spiro atoms. The highest BCUT2D eigenvalue weighted by molar-refractivity contribution is 5.49. The van der Waals surface area contributed by atoms with Crippen LogP contribution in [0.4, 0.5) is 11.4 Å². The van der Waals surface area contributed by atoms with Crippen molar-refractivity contribution in [1.82, 2.24) is 0 Å². The lowest BCUT2D eigenvalue weighted by Crippen LogP contribution is -2.15. The van der Waals surface area contributed by atoms with Gasteiger partial charge in [-0.25, -0.2) is 5.01 Å². The van der Waals surface area contributed by atoms with Gasteiger partial charge in [0.1, 0.15) is 0 Å². The summed E-state index contributed by atoms with van der Waals surface area (Å²) in [6, 6.07) is 5.72. The molecule has 1 aromatic rings. The first kappa shape index (κ1) is 11.1. The number of hydrogen-bond acceptors (Lipinski definition) is 4. The van der Waals surface area contributed by atoms with Crippen molar-refractivity contribution in [2.45, 2.75) is 13.3 Å². The van der Waals surface area contributed by atoms with E-state index in [9.17, 15) is 15.0 Å². The predicted molar refractivity (Wildman–Crippen MR) is 56.5 cm³/mol. The Balaban J connectivity index is 2.86. The van der Waals surface area contributed by atoms with Gasteiger partial charge in [-0.05, 0) is 18.6 Å². The molecule has 1 aromatic carbocycles. The second kappa shape index (κ2) is 5.04. The van der Waals surface area contributed by atoms with Crippen LogP contribution >= 0.6 is 0 Å². The zero-order valence-corrected chi connectivity index (χ0v) is 8.29. The molecule has 0 saturated heterocycles. The van der Waals surface area contributed by atoms with Crippen molar-refractivity contribution in [2.24, 2.45) is 5.29 Å². The largest absolute Gasteiger partial charge is 0.269 e. The van der Waals surface area contributed by atoms with E-state index in [1.165, 1.54) is 29.3 Å². The van der Waals surface area contributed by atoms with Crippen molar-refractivity contribution in [3.05, 3.63) is 39.3 Å². The summed E-state index contributed by atoms with van der Waals surface area (Å²) in [5.74, 6) is 0. The molecule has 0 unspecified atom stereocenters. The van der Waals surface area contributed by atoms with Crippen LogP contribution in [0.3, 0.4) is 0 Å². The minimum atomic E-state index is -0.484. The molecule has 1 rings (SSSR count). The molecule has 0 heterocycles. The van der Waals surface area contributed by atoms with Crippen molar-refractivity contribution in [1.29, 1.82) is 0 Å². The van der Waals surface area contributed by atoms with E-state index in [0.717, 1.165) is 6.42 Å². The topological polar surface area (TPSA) is 75.8 Å². The van der Waals surface area contributed by atoms with E-state index in [1.54, 1.807) is 0 Å². The average Bonchev–Trinajstić information content (AvgIpc) is 2.26. The maximum absolute atomic E-state index is 10.5. The highest BCUT2D eigenvalue weighted by Gasteiger charge is 2.08. The van der Waals surface area contributed by atoms with Crippen LogP contribution in [0.15, 0.2) is 29.6 Å². The number of rotatable bonds is 5. The third kappa shape index (κ3) is 2.73. The Morgan fingerprint density at radius 1 is 1.40 bits per heavy atom. The quantitative estimate of drug-likeness (QED) is 0.424. The molecule has 0 aliphatic heterocycles.